The van der Waals surface area contributed by atoms with Crippen LogP contribution in [0.4, 0.5) is 13.2 Å². The smallest absolute Gasteiger partial charge is 0.368 e. The van der Waals surface area contributed by atoms with Crippen molar-refractivity contribution in [2.45, 2.75) is 12.2 Å². The molecule has 0 saturated carbocycles. The molecule has 0 saturated heterocycles. The molecule has 9 heteroatoms. The highest BCUT2D eigenvalue weighted by molar-refractivity contribution is 5.82. The van der Waals surface area contributed by atoms with Crippen molar-refractivity contribution in [3.63, 3.8) is 0 Å². The first-order valence-electron chi connectivity index (χ1n) is 5.57. The van der Waals surface area contributed by atoms with Crippen LogP contribution in [0.15, 0.2) is 29.4 Å². The summed E-state index contributed by atoms with van der Waals surface area (Å²) in [5, 5.41) is 5.76. The van der Waals surface area contributed by atoms with Crippen molar-refractivity contribution in [1.82, 2.24) is 5.32 Å². The van der Waals surface area contributed by atoms with E-state index in [0.29, 0.717) is 0 Å². The summed E-state index contributed by atoms with van der Waals surface area (Å²) < 4.78 is 38.6. The quantitative estimate of drug-likeness (QED) is 0.362. The Morgan fingerprint density at radius 3 is 2.65 bits per heavy atom. The molecule has 20 heavy (non-hydrogen) atoms. The highest BCUT2D eigenvalue weighted by Crippen LogP contribution is 2.34. The Balaban J connectivity index is 3.03. The zero-order valence-corrected chi connectivity index (χ0v) is 10.3. The molecule has 1 amide bonds. The van der Waals surface area contributed by atoms with Gasteiger partial charge in [0.25, 0.3) is 0 Å². The topological polar surface area (TPSA) is 104 Å². The third-order valence-electron chi connectivity index (χ3n) is 2.49. The number of carbonyl (C=O) groups excluding carboxylic acids is 1. The zero-order valence-electron chi connectivity index (χ0n) is 10.3. The fraction of sp³-hybridized carbons (Fsp3) is 0.364. The minimum absolute atomic E-state index is 0.00549. The molecule has 0 aromatic heterocycles. The lowest BCUT2D eigenvalue weighted by Crippen LogP contribution is -2.36. The predicted molar refractivity (Wildman–Crippen MR) is 65.4 cm³/mol. The molecule has 1 unspecified atom stereocenters. The van der Waals surface area contributed by atoms with Crippen molar-refractivity contribution in [3.05, 3.63) is 45.8 Å². The van der Waals surface area contributed by atoms with Crippen molar-refractivity contribution in [1.29, 1.82) is 0 Å². The summed E-state index contributed by atoms with van der Waals surface area (Å²) in [7, 11) is 0. The molecule has 108 valence electrons. The average Bonchev–Trinajstić information content (AvgIpc) is 2.37. The van der Waals surface area contributed by atoms with Crippen LogP contribution in [0.2, 0.25) is 0 Å². The number of hydrogen-bond donors (Lipinski definition) is 2. The molecule has 0 bridgehead atoms. The molecular formula is C11H12F3N5O. The number of amides is 1. The summed E-state index contributed by atoms with van der Waals surface area (Å²) >= 11 is 0. The van der Waals surface area contributed by atoms with Gasteiger partial charge in [-0.3, -0.25) is 4.79 Å². The van der Waals surface area contributed by atoms with Gasteiger partial charge in [-0.2, -0.15) is 13.2 Å². The predicted octanol–water partition coefficient (Wildman–Crippen LogP) is 2.13. The SMILES string of the molecule is [N-]=[N+]=NCCNC(C(N)=O)c1ccccc1C(F)(F)F. The molecular weight excluding hydrogens is 275 g/mol. The van der Waals surface area contributed by atoms with E-state index >= 15 is 0 Å². The van der Waals surface area contributed by atoms with Gasteiger partial charge in [-0.05, 0) is 17.2 Å². The number of halogens is 3. The van der Waals surface area contributed by atoms with Gasteiger partial charge in [0, 0.05) is 18.0 Å². The second-order valence-electron chi connectivity index (χ2n) is 3.83. The second-order valence-corrected chi connectivity index (χ2v) is 3.83. The lowest BCUT2D eigenvalue weighted by molar-refractivity contribution is -0.138. The zero-order chi connectivity index (χ0) is 15.2. The third-order valence-corrected chi connectivity index (χ3v) is 2.49. The summed E-state index contributed by atoms with van der Waals surface area (Å²) in [5.74, 6) is -0.942. The van der Waals surface area contributed by atoms with E-state index in [1.165, 1.54) is 18.2 Å². The summed E-state index contributed by atoms with van der Waals surface area (Å²) in [6, 6.07) is 3.36. The minimum Gasteiger partial charge on any atom is -0.368 e. The molecule has 0 spiro atoms. The Morgan fingerprint density at radius 2 is 2.10 bits per heavy atom. The van der Waals surface area contributed by atoms with Gasteiger partial charge in [0.05, 0.1) is 5.56 Å². The fourth-order valence-corrected chi connectivity index (χ4v) is 1.67. The van der Waals surface area contributed by atoms with E-state index in [4.69, 9.17) is 11.3 Å². The summed E-state index contributed by atoms with van der Waals surface area (Å²) in [6.45, 7) is 0.0261. The van der Waals surface area contributed by atoms with Gasteiger partial charge in [-0.15, -0.1) is 0 Å². The number of azide groups is 1. The number of hydrogen-bond acceptors (Lipinski definition) is 3. The standard InChI is InChI=1S/C11H12F3N5O/c12-11(13,14)8-4-2-1-3-7(8)9(10(15)20)17-5-6-18-19-16/h1-4,9,17H,5-6H2,(H2,15,20). The highest BCUT2D eigenvalue weighted by atomic mass is 19.4. The number of primary amides is 1. The number of nitrogens with one attached hydrogen (secondary N) is 1. The number of nitrogens with zero attached hydrogens (tertiary/aromatic N) is 3. The Labute approximate surface area is 112 Å². The largest absolute Gasteiger partial charge is 0.416 e. The van der Waals surface area contributed by atoms with E-state index in [0.717, 1.165) is 6.07 Å². The highest BCUT2D eigenvalue weighted by Gasteiger charge is 2.36. The van der Waals surface area contributed by atoms with Gasteiger partial charge >= 0.3 is 6.18 Å². The Morgan fingerprint density at radius 1 is 1.45 bits per heavy atom. The first kappa shape index (κ1) is 15.8. The van der Waals surface area contributed by atoms with Crippen LogP contribution >= 0.6 is 0 Å². The summed E-state index contributed by atoms with van der Waals surface area (Å²) in [6.07, 6.45) is -4.59. The molecule has 0 radical (unpaired) electrons. The maximum absolute atomic E-state index is 12.9. The summed E-state index contributed by atoms with van der Waals surface area (Å²) in [4.78, 5) is 13.8. The van der Waals surface area contributed by atoms with Crippen molar-refractivity contribution >= 4 is 5.91 Å². The van der Waals surface area contributed by atoms with E-state index in [2.05, 4.69) is 15.3 Å². The minimum atomic E-state index is -4.59. The summed E-state index contributed by atoms with van der Waals surface area (Å²) in [5.41, 5.74) is 12.0. The maximum Gasteiger partial charge on any atom is 0.416 e. The lowest BCUT2D eigenvalue weighted by Gasteiger charge is -2.20. The molecule has 0 heterocycles. The van der Waals surface area contributed by atoms with Gasteiger partial charge in [-0.1, -0.05) is 23.3 Å². The van der Waals surface area contributed by atoms with E-state index in [1.54, 1.807) is 0 Å². The molecule has 1 rings (SSSR count). The van der Waals surface area contributed by atoms with Crippen LogP contribution in [0.1, 0.15) is 17.2 Å². The van der Waals surface area contributed by atoms with Gasteiger partial charge in [0.15, 0.2) is 0 Å². The fourth-order valence-electron chi connectivity index (χ4n) is 1.67. The van der Waals surface area contributed by atoms with E-state index in [1.807, 2.05) is 0 Å². The number of benzene rings is 1. The van der Waals surface area contributed by atoms with Crippen LogP contribution in [-0.2, 0) is 11.0 Å². The van der Waals surface area contributed by atoms with Crippen LogP contribution in [0, 0.1) is 0 Å². The number of nitrogens with two attached hydrogens (primary N) is 1. The first-order chi connectivity index (χ1) is 9.38. The number of alkyl halides is 3. The van der Waals surface area contributed by atoms with Crippen LogP contribution < -0.4 is 11.1 Å². The monoisotopic (exact) mass is 287 g/mol. The van der Waals surface area contributed by atoms with Crippen molar-refractivity contribution in [3.8, 4) is 0 Å². The first-order valence-corrected chi connectivity index (χ1v) is 5.57. The molecule has 0 aliphatic heterocycles. The molecule has 1 aromatic carbocycles. The Bertz CT molecular complexity index is 525. The number of carbonyl (C=O) groups is 1. The molecule has 0 fully saturated rings. The maximum atomic E-state index is 12.9. The van der Waals surface area contributed by atoms with E-state index in [-0.39, 0.29) is 18.7 Å². The van der Waals surface area contributed by atoms with Crippen molar-refractivity contribution in [2.24, 2.45) is 10.8 Å². The van der Waals surface area contributed by atoms with Crippen LogP contribution in [0.5, 0.6) is 0 Å². The van der Waals surface area contributed by atoms with Gasteiger partial charge in [-0.25, -0.2) is 0 Å². The second kappa shape index (κ2) is 6.78. The Kier molecular flexibility index (Phi) is 5.36. The molecule has 1 atom stereocenters. The van der Waals surface area contributed by atoms with Crippen molar-refractivity contribution < 1.29 is 18.0 Å². The molecule has 0 aliphatic rings. The van der Waals surface area contributed by atoms with E-state index < -0.39 is 23.7 Å². The average molecular weight is 287 g/mol. The van der Waals surface area contributed by atoms with Crippen LogP contribution in [0.3, 0.4) is 0 Å². The molecule has 6 nitrogen and oxygen atoms in total. The van der Waals surface area contributed by atoms with Gasteiger partial charge in [0.2, 0.25) is 5.91 Å². The van der Waals surface area contributed by atoms with Gasteiger partial charge in [0.1, 0.15) is 6.04 Å². The molecule has 3 N–H and O–H groups in total. The molecule has 1 aromatic rings. The Hall–Kier alpha value is -2.25. The third kappa shape index (κ3) is 4.15. The van der Waals surface area contributed by atoms with Crippen LogP contribution in [-0.4, -0.2) is 19.0 Å². The number of rotatable bonds is 6. The van der Waals surface area contributed by atoms with E-state index in [9.17, 15) is 18.0 Å². The normalized spacial score (nSPS) is 12.6. The van der Waals surface area contributed by atoms with Gasteiger partial charge < -0.3 is 11.1 Å². The van der Waals surface area contributed by atoms with Crippen molar-refractivity contribution in [2.75, 3.05) is 13.1 Å². The van der Waals surface area contributed by atoms with Crippen LogP contribution in [0.25, 0.3) is 10.4 Å². The lowest BCUT2D eigenvalue weighted by atomic mass is 9.99. The molecule has 0 aliphatic carbocycles.